The Labute approximate surface area is 132 Å². The van der Waals surface area contributed by atoms with E-state index in [4.69, 9.17) is 4.42 Å². The Morgan fingerprint density at radius 2 is 2.13 bits per heavy atom. The van der Waals surface area contributed by atoms with Gasteiger partial charge in [-0.3, -0.25) is 9.59 Å². The van der Waals surface area contributed by atoms with Crippen molar-refractivity contribution in [3.8, 4) is 0 Å². The van der Waals surface area contributed by atoms with Gasteiger partial charge in [-0.1, -0.05) is 6.07 Å². The Kier molecular flexibility index (Phi) is 4.08. The Bertz CT molecular complexity index is 881. The molecule has 2 aromatic heterocycles. The lowest BCUT2D eigenvalue weighted by Crippen LogP contribution is -2.35. The van der Waals surface area contributed by atoms with Crippen molar-refractivity contribution in [2.24, 2.45) is 0 Å². The summed E-state index contributed by atoms with van der Waals surface area (Å²) in [6.07, 6.45) is 2.05. The number of hydrogen-bond acceptors (Lipinski definition) is 5. The van der Waals surface area contributed by atoms with Crippen molar-refractivity contribution in [1.82, 2.24) is 9.88 Å². The molecule has 0 spiro atoms. The van der Waals surface area contributed by atoms with Crippen LogP contribution in [0.15, 0.2) is 45.7 Å². The van der Waals surface area contributed by atoms with Crippen molar-refractivity contribution in [3.05, 3.63) is 58.4 Å². The average molecular weight is 336 g/mol. The van der Waals surface area contributed by atoms with Crippen LogP contribution in [0.2, 0.25) is 0 Å². The molecule has 2 aromatic rings. The standard InChI is InChI=1S/C15H16N2O5S/c18-14-3-1-2-7-17(14)9-12-4-5-13(22-12)15(19)16-11-6-8-23(20,21)10-11/h1-5,7,11H,6,8-10H2,(H,16,19)/t11-/m1/s1. The zero-order valence-electron chi connectivity index (χ0n) is 12.3. The molecule has 122 valence electrons. The summed E-state index contributed by atoms with van der Waals surface area (Å²) in [5.74, 6) is 0.193. The fraction of sp³-hybridized carbons (Fsp3) is 0.333. The number of amides is 1. The van der Waals surface area contributed by atoms with E-state index in [0.29, 0.717) is 12.2 Å². The number of furan rings is 1. The first-order valence-corrected chi connectivity index (χ1v) is 9.00. The van der Waals surface area contributed by atoms with E-state index in [1.165, 1.54) is 16.7 Å². The molecule has 23 heavy (non-hydrogen) atoms. The largest absolute Gasteiger partial charge is 0.454 e. The molecule has 1 fully saturated rings. The Hall–Kier alpha value is -2.35. The number of nitrogens with one attached hydrogen (secondary N) is 1. The fourth-order valence-corrected chi connectivity index (χ4v) is 4.18. The van der Waals surface area contributed by atoms with E-state index in [-0.39, 0.29) is 35.4 Å². The number of carbonyl (C=O) groups is 1. The second-order valence-corrected chi connectivity index (χ2v) is 7.73. The van der Waals surface area contributed by atoms with Gasteiger partial charge in [0.2, 0.25) is 0 Å². The van der Waals surface area contributed by atoms with E-state index in [2.05, 4.69) is 5.32 Å². The lowest BCUT2D eigenvalue weighted by molar-refractivity contribution is 0.0911. The Morgan fingerprint density at radius 1 is 1.30 bits per heavy atom. The van der Waals surface area contributed by atoms with Crippen molar-refractivity contribution in [2.45, 2.75) is 19.0 Å². The van der Waals surface area contributed by atoms with Gasteiger partial charge in [0.25, 0.3) is 11.5 Å². The maximum Gasteiger partial charge on any atom is 0.287 e. The first-order valence-electron chi connectivity index (χ1n) is 7.18. The summed E-state index contributed by atoms with van der Waals surface area (Å²) >= 11 is 0. The molecule has 3 rings (SSSR count). The summed E-state index contributed by atoms with van der Waals surface area (Å²) in [5, 5.41) is 2.66. The third-order valence-corrected chi connectivity index (χ3v) is 5.45. The zero-order chi connectivity index (χ0) is 16.4. The highest BCUT2D eigenvalue weighted by atomic mass is 32.2. The summed E-state index contributed by atoms with van der Waals surface area (Å²) in [5.41, 5.74) is -0.161. The number of nitrogens with zero attached hydrogens (tertiary/aromatic N) is 1. The second-order valence-electron chi connectivity index (χ2n) is 5.51. The molecule has 1 N–H and O–H groups in total. The van der Waals surface area contributed by atoms with Crippen LogP contribution in [0.4, 0.5) is 0 Å². The van der Waals surface area contributed by atoms with E-state index >= 15 is 0 Å². The molecule has 0 radical (unpaired) electrons. The van der Waals surface area contributed by atoms with Crippen molar-refractivity contribution >= 4 is 15.7 Å². The van der Waals surface area contributed by atoms with Crippen LogP contribution in [0.25, 0.3) is 0 Å². The van der Waals surface area contributed by atoms with Gasteiger partial charge in [0.15, 0.2) is 15.6 Å². The lowest BCUT2D eigenvalue weighted by Gasteiger charge is -2.08. The molecule has 1 aliphatic rings. The van der Waals surface area contributed by atoms with Crippen LogP contribution in [0, 0.1) is 0 Å². The highest BCUT2D eigenvalue weighted by Gasteiger charge is 2.29. The molecule has 1 amide bonds. The molecule has 0 aliphatic carbocycles. The molecule has 1 aliphatic heterocycles. The van der Waals surface area contributed by atoms with Gasteiger partial charge < -0.3 is 14.3 Å². The highest BCUT2D eigenvalue weighted by molar-refractivity contribution is 7.91. The number of sulfone groups is 1. The minimum absolute atomic E-state index is 0.0360. The topological polar surface area (TPSA) is 98.4 Å². The number of rotatable bonds is 4. The van der Waals surface area contributed by atoms with E-state index in [1.54, 1.807) is 24.4 Å². The molecular formula is C15H16N2O5S. The smallest absolute Gasteiger partial charge is 0.287 e. The van der Waals surface area contributed by atoms with Gasteiger partial charge in [-0.2, -0.15) is 0 Å². The molecule has 0 aromatic carbocycles. The van der Waals surface area contributed by atoms with Crippen molar-refractivity contribution in [1.29, 1.82) is 0 Å². The van der Waals surface area contributed by atoms with Crippen LogP contribution >= 0.6 is 0 Å². The quantitative estimate of drug-likeness (QED) is 0.872. The van der Waals surface area contributed by atoms with Crippen molar-refractivity contribution in [3.63, 3.8) is 0 Å². The van der Waals surface area contributed by atoms with E-state index in [1.807, 2.05) is 0 Å². The first-order chi connectivity index (χ1) is 10.9. The maximum atomic E-state index is 12.1. The Morgan fingerprint density at radius 3 is 2.83 bits per heavy atom. The Balaban J connectivity index is 1.66. The summed E-state index contributed by atoms with van der Waals surface area (Å²) in [4.78, 5) is 23.7. The second kappa shape index (κ2) is 6.04. The van der Waals surface area contributed by atoms with Gasteiger partial charge in [0.05, 0.1) is 18.1 Å². The van der Waals surface area contributed by atoms with Crippen LogP contribution in [0.1, 0.15) is 22.7 Å². The van der Waals surface area contributed by atoms with Crippen LogP contribution in [0.3, 0.4) is 0 Å². The number of aromatic nitrogens is 1. The minimum atomic E-state index is -3.05. The molecular weight excluding hydrogens is 320 g/mol. The number of pyridine rings is 1. The monoisotopic (exact) mass is 336 g/mol. The number of hydrogen-bond donors (Lipinski definition) is 1. The summed E-state index contributed by atoms with van der Waals surface area (Å²) < 4.78 is 29.7. The maximum absolute atomic E-state index is 12.1. The molecule has 0 unspecified atom stereocenters. The third-order valence-electron chi connectivity index (χ3n) is 3.68. The SMILES string of the molecule is O=C(N[C@@H]1CCS(=O)(=O)C1)c1ccc(Cn2ccccc2=O)o1. The summed E-state index contributed by atoms with van der Waals surface area (Å²) in [6, 6.07) is 7.59. The fourth-order valence-electron chi connectivity index (χ4n) is 2.51. The van der Waals surface area contributed by atoms with Crippen LogP contribution < -0.4 is 10.9 Å². The van der Waals surface area contributed by atoms with Gasteiger partial charge in [0.1, 0.15) is 5.76 Å². The van der Waals surface area contributed by atoms with Gasteiger partial charge in [0, 0.05) is 18.3 Å². The highest BCUT2D eigenvalue weighted by Crippen LogP contribution is 2.14. The molecule has 0 bridgehead atoms. The van der Waals surface area contributed by atoms with Crippen LogP contribution in [0.5, 0.6) is 0 Å². The van der Waals surface area contributed by atoms with Gasteiger partial charge in [-0.05, 0) is 24.6 Å². The molecule has 0 saturated carbocycles. The third kappa shape index (κ3) is 3.70. The predicted molar refractivity (Wildman–Crippen MR) is 83.0 cm³/mol. The van der Waals surface area contributed by atoms with Gasteiger partial charge >= 0.3 is 0 Å². The lowest BCUT2D eigenvalue weighted by atomic mass is 10.2. The molecule has 8 heteroatoms. The molecule has 3 heterocycles. The van der Waals surface area contributed by atoms with Crippen LogP contribution in [-0.2, 0) is 16.4 Å². The molecule has 1 atom stereocenters. The van der Waals surface area contributed by atoms with Crippen molar-refractivity contribution in [2.75, 3.05) is 11.5 Å². The van der Waals surface area contributed by atoms with E-state index in [0.717, 1.165) is 0 Å². The van der Waals surface area contributed by atoms with Crippen molar-refractivity contribution < 1.29 is 17.6 Å². The van der Waals surface area contributed by atoms with Crippen LogP contribution in [-0.4, -0.2) is 36.4 Å². The number of carbonyl (C=O) groups excluding carboxylic acids is 1. The summed E-state index contributed by atoms with van der Waals surface area (Å²) in [7, 11) is -3.05. The molecule has 1 saturated heterocycles. The van der Waals surface area contributed by atoms with Gasteiger partial charge in [-0.15, -0.1) is 0 Å². The van der Waals surface area contributed by atoms with E-state index in [9.17, 15) is 18.0 Å². The average Bonchev–Trinajstić information content (AvgIpc) is 3.08. The normalized spacial score (nSPS) is 19.6. The first kappa shape index (κ1) is 15.5. The summed E-state index contributed by atoms with van der Waals surface area (Å²) in [6.45, 7) is 0.227. The van der Waals surface area contributed by atoms with Gasteiger partial charge in [-0.25, -0.2) is 8.42 Å². The predicted octanol–water partition coefficient (Wildman–Crippen LogP) is 0.406. The minimum Gasteiger partial charge on any atom is -0.454 e. The zero-order valence-corrected chi connectivity index (χ0v) is 13.1. The van der Waals surface area contributed by atoms with E-state index < -0.39 is 15.7 Å². The molecule has 7 nitrogen and oxygen atoms in total.